The van der Waals surface area contributed by atoms with Crippen LogP contribution in [0.5, 0.6) is 0 Å². The third-order valence-electron chi connectivity index (χ3n) is 4.65. The fourth-order valence-corrected chi connectivity index (χ4v) is 3.43. The highest BCUT2D eigenvalue weighted by molar-refractivity contribution is 5.42. The van der Waals surface area contributed by atoms with Gasteiger partial charge in [0.25, 0.3) is 0 Å². The number of hydrogen-bond acceptors (Lipinski definition) is 5. The molecule has 0 N–H and O–H groups in total. The molecule has 23 heavy (non-hydrogen) atoms. The van der Waals surface area contributed by atoms with E-state index in [0.717, 1.165) is 37.0 Å². The van der Waals surface area contributed by atoms with Gasteiger partial charge in [-0.1, -0.05) is 13.8 Å². The monoisotopic (exact) mass is 312 g/mol. The molecular formula is C17H24N6. The van der Waals surface area contributed by atoms with Crippen LogP contribution in [0.25, 0.3) is 0 Å². The molecule has 0 amide bonds. The summed E-state index contributed by atoms with van der Waals surface area (Å²) in [5, 5.41) is 8.58. The topological polar surface area (TPSA) is 59.7 Å². The van der Waals surface area contributed by atoms with Gasteiger partial charge in [0.15, 0.2) is 5.82 Å². The average molecular weight is 312 g/mol. The summed E-state index contributed by atoms with van der Waals surface area (Å²) < 4.78 is 2.21. The SMILES string of the molecule is CC(C)Cn1cnnc1C1CCCN1c1ccnc(C2CC2)n1. The van der Waals surface area contributed by atoms with E-state index in [1.807, 2.05) is 18.6 Å². The highest BCUT2D eigenvalue weighted by Crippen LogP contribution is 2.40. The van der Waals surface area contributed by atoms with Gasteiger partial charge < -0.3 is 9.47 Å². The largest absolute Gasteiger partial charge is 0.346 e. The molecule has 2 fully saturated rings. The predicted molar refractivity (Wildman–Crippen MR) is 88.2 cm³/mol. The maximum atomic E-state index is 4.82. The highest BCUT2D eigenvalue weighted by Gasteiger charge is 2.32. The minimum Gasteiger partial charge on any atom is -0.346 e. The van der Waals surface area contributed by atoms with Crippen molar-refractivity contribution in [3.8, 4) is 0 Å². The summed E-state index contributed by atoms with van der Waals surface area (Å²) in [5.74, 6) is 4.30. The third kappa shape index (κ3) is 2.94. The Morgan fingerprint density at radius 3 is 2.91 bits per heavy atom. The van der Waals surface area contributed by atoms with E-state index in [4.69, 9.17) is 4.98 Å². The first-order valence-corrected chi connectivity index (χ1v) is 8.69. The molecule has 0 aromatic carbocycles. The lowest BCUT2D eigenvalue weighted by Gasteiger charge is -2.26. The Kier molecular flexibility index (Phi) is 3.75. The summed E-state index contributed by atoms with van der Waals surface area (Å²) in [4.78, 5) is 11.7. The molecule has 1 unspecified atom stereocenters. The quantitative estimate of drug-likeness (QED) is 0.849. The molecule has 1 atom stereocenters. The van der Waals surface area contributed by atoms with Crippen molar-refractivity contribution in [1.82, 2.24) is 24.7 Å². The van der Waals surface area contributed by atoms with Gasteiger partial charge in [0.05, 0.1) is 6.04 Å². The number of anilines is 1. The van der Waals surface area contributed by atoms with E-state index >= 15 is 0 Å². The molecule has 122 valence electrons. The van der Waals surface area contributed by atoms with E-state index < -0.39 is 0 Å². The second kappa shape index (κ2) is 5.91. The smallest absolute Gasteiger partial charge is 0.155 e. The number of hydrogen-bond donors (Lipinski definition) is 0. The number of rotatable bonds is 5. The third-order valence-corrected chi connectivity index (χ3v) is 4.65. The van der Waals surface area contributed by atoms with E-state index in [-0.39, 0.29) is 6.04 Å². The standard InChI is InChI=1S/C17H24N6/c1-12(2)10-22-11-19-21-17(22)14-4-3-9-23(14)15-7-8-18-16(20-15)13-5-6-13/h7-8,11-14H,3-6,9-10H2,1-2H3. The first-order chi connectivity index (χ1) is 11.2. The van der Waals surface area contributed by atoms with Crippen molar-refractivity contribution in [3.63, 3.8) is 0 Å². The van der Waals surface area contributed by atoms with Gasteiger partial charge in [-0.3, -0.25) is 0 Å². The molecule has 1 aliphatic heterocycles. The summed E-state index contributed by atoms with van der Waals surface area (Å²) in [7, 11) is 0. The minimum atomic E-state index is 0.276. The molecule has 3 heterocycles. The van der Waals surface area contributed by atoms with Crippen LogP contribution in [-0.4, -0.2) is 31.3 Å². The molecular weight excluding hydrogens is 288 g/mol. The predicted octanol–water partition coefficient (Wildman–Crippen LogP) is 2.94. The summed E-state index contributed by atoms with van der Waals surface area (Å²) in [6, 6.07) is 2.31. The summed E-state index contributed by atoms with van der Waals surface area (Å²) in [5.41, 5.74) is 0. The Balaban J connectivity index is 1.61. The molecule has 4 rings (SSSR count). The molecule has 2 aliphatic rings. The Morgan fingerprint density at radius 2 is 2.13 bits per heavy atom. The molecule has 0 spiro atoms. The van der Waals surface area contributed by atoms with E-state index in [1.165, 1.54) is 19.3 Å². The molecule has 6 nitrogen and oxygen atoms in total. The Bertz CT molecular complexity index is 675. The minimum absolute atomic E-state index is 0.276. The van der Waals surface area contributed by atoms with E-state index in [2.05, 4.69) is 38.5 Å². The lowest BCUT2D eigenvalue weighted by molar-refractivity contribution is 0.487. The molecule has 1 saturated carbocycles. The fourth-order valence-electron chi connectivity index (χ4n) is 3.43. The van der Waals surface area contributed by atoms with Crippen molar-refractivity contribution >= 4 is 5.82 Å². The van der Waals surface area contributed by atoms with Gasteiger partial charge in [-0.15, -0.1) is 10.2 Å². The van der Waals surface area contributed by atoms with E-state index in [0.29, 0.717) is 11.8 Å². The number of nitrogens with zero attached hydrogens (tertiary/aromatic N) is 6. The van der Waals surface area contributed by atoms with Crippen molar-refractivity contribution in [3.05, 3.63) is 30.2 Å². The molecule has 1 saturated heterocycles. The maximum Gasteiger partial charge on any atom is 0.155 e. The zero-order valence-electron chi connectivity index (χ0n) is 13.9. The van der Waals surface area contributed by atoms with Crippen molar-refractivity contribution in [2.24, 2.45) is 5.92 Å². The summed E-state index contributed by atoms with van der Waals surface area (Å²) >= 11 is 0. The Morgan fingerprint density at radius 1 is 1.26 bits per heavy atom. The van der Waals surface area contributed by atoms with Crippen molar-refractivity contribution in [1.29, 1.82) is 0 Å². The lowest BCUT2D eigenvalue weighted by atomic mass is 10.2. The average Bonchev–Trinajstić information content (AvgIpc) is 3.11. The summed E-state index contributed by atoms with van der Waals surface area (Å²) in [6.07, 6.45) is 8.51. The van der Waals surface area contributed by atoms with Gasteiger partial charge in [0.1, 0.15) is 18.0 Å². The lowest BCUT2D eigenvalue weighted by Crippen LogP contribution is -2.27. The maximum absolute atomic E-state index is 4.82. The molecule has 1 aliphatic carbocycles. The van der Waals surface area contributed by atoms with Crippen LogP contribution in [-0.2, 0) is 6.54 Å². The van der Waals surface area contributed by atoms with E-state index in [9.17, 15) is 0 Å². The Hall–Kier alpha value is -1.98. The van der Waals surface area contributed by atoms with Gasteiger partial charge in [-0.25, -0.2) is 9.97 Å². The van der Waals surface area contributed by atoms with Crippen LogP contribution >= 0.6 is 0 Å². The van der Waals surface area contributed by atoms with Crippen LogP contribution in [0.15, 0.2) is 18.6 Å². The molecule has 6 heteroatoms. The van der Waals surface area contributed by atoms with Gasteiger partial charge in [0.2, 0.25) is 0 Å². The van der Waals surface area contributed by atoms with Crippen LogP contribution in [0.1, 0.15) is 63.1 Å². The van der Waals surface area contributed by atoms with Gasteiger partial charge in [-0.05, 0) is 37.7 Å². The van der Waals surface area contributed by atoms with Crippen LogP contribution < -0.4 is 4.90 Å². The van der Waals surface area contributed by atoms with Crippen molar-refractivity contribution in [2.75, 3.05) is 11.4 Å². The fraction of sp³-hybridized carbons (Fsp3) is 0.647. The second-order valence-corrected chi connectivity index (χ2v) is 7.13. The van der Waals surface area contributed by atoms with Gasteiger partial charge in [0, 0.05) is 25.2 Å². The van der Waals surface area contributed by atoms with Gasteiger partial charge >= 0.3 is 0 Å². The zero-order valence-corrected chi connectivity index (χ0v) is 13.9. The first-order valence-electron chi connectivity index (χ1n) is 8.69. The molecule has 0 radical (unpaired) electrons. The van der Waals surface area contributed by atoms with Crippen molar-refractivity contribution in [2.45, 2.75) is 58.0 Å². The number of aromatic nitrogens is 5. The highest BCUT2D eigenvalue weighted by atomic mass is 15.3. The normalized spacial score (nSPS) is 21.3. The second-order valence-electron chi connectivity index (χ2n) is 7.13. The Labute approximate surface area is 137 Å². The molecule has 2 aromatic rings. The van der Waals surface area contributed by atoms with Crippen molar-refractivity contribution < 1.29 is 0 Å². The zero-order chi connectivity index (χ0) is 15.8. The van der Waals surface area contributed by atoms with Crippen LogP contribution in [0.2, 0.25) is 0 Å². The van der Waals surface area contributed by atoms with Crippen LogP contribution in [0.4, 0.5) is 5.82 Å². The van der Waals surface area contributed by atoms with Crippen LogP contribution in [0, 0.1) is 5.92 Å². The van der Waals surface area contributed by atoms with Gasteiger partial charge in [-0.2, -0.15) is 0 Å². The van der Waals surface area contributed by atoms with Crippen LogP contribution in [0.3, 0.4) is 0 Å². The molecule has 2 aromatic heterocycles. The first kappa shape index (κ1) is 14.6. The van der Waals surface area contributed by atoms with E-state index in [1.54, 1.807) is 0 Å². The molecule has 0 bridgehead atoms. The summed E-state index contributed by atoms with van der Waals surface area (Å²) in [6.45, 7) is 6.44.